The van der Waals surface area contributed by atoms with Crippen molar-refractivity contribution >= 4 is 11.6 Å². The maximum absolute atomic E-state index is 6.11. The minimum Gasteiger partial charge on any atom is -0.484 e. The second-order valence-corrected chi connectivity index (χ2v) is 5.39. The van der Waals surface area contributed by atoms with Gasteiger partial charge in [0, 0.05) is 18.1 Å². The van der Waals surface area contributed by atoms with Gasteiger partial charge in [-0.2, -0.15) is 0 Å². The minimum absolute atomic E-state index is 0.0797. The highest BCUT2D eigenvalue weighted by atomic mass is 35.5. The van der Waals surface area contributed by atoms with Crippen LogP contribution in [0.4, 0.5) is 0 Å². The fourth-order valence-electron chi connectivity index (χ4n) is 2.51. The van der Waals surface area contributed by atoms with E-state index in [4.69, 9.17) is 16.3 Å². The molecule has 0 saturated carbocycles. The van der Waals surface area contributed by atoms with E-state index in [9.17, 15) is 0 Å². The highest BCUT2D eigenvalue weighted by molar-refractivity contribution is 6.30. The highest BCUT2D eigenvalue weighted by Gasteiger charge is 2.24. The lowest BCUT2D eigenvalue weighted by Gasteiger charge is -2.32. The van der Waals surface area contributed by atoms with E-state index in [0.29, 0.717) is 0 Å². The van der Waals surface area contributed by atoms with Gasteiger partial charge in [0.2, 0.25) is 0 Å². The van der Waals surface area contributed by atoms with Gasteiger partial charge in [0.1, 0.15) is 11.9 Å². The lowest BCUT2D eigenvalue weighted by atomic mass is 9.98. The van der Waals surface area contributed by atoms with Crippen LogP contribution in [0.2, 0.25) is 5.02 Å². The van der Waals surface area contributed by atoms with E-state index in [1.165, 1.54) is 11.1 Å². The van der Waals surface area contributed by atoms with Crippen LogP contribution in [-0.4, -0.2) is 18.5 Å². The van der Waals surface area contributed by atoms with Gasteiger partial charge in [-0.1, -0.05) is 35.9 Å². The summed E-state index contributed by atoms with van der Waals surface area (Å²) in [7, 11) is 2.12. The number of ether oxygens (including phenoxy) is 1. The van der Waals surface area contributed by atoms with Crippen molar-refractivity contribution in [3.8, 4) is 5.75 Å². The first-order chi connectivity index (χ1) is 9.22. The van der Waals surface area contributed by atoms with Crippen molar-refractivity contribution in [3.05, 3.63) is 64.7 Å². The third-order valence-electron chi connectivity index (χ3n) is 3.41. The van der Waals surface area contributed by atoms with E-state index in [2.05, 4.69) is 36.2 Å². The molecule has 0 bridgehead atoms. The van der Waals surface area contributed by atoms with Crippen molar-refractivity contribution in [1.82, 2.24) is 4.90 Å². The molecule has 0 amide bonds. The molecule has 2 nitrogen and oxygen atoms in total. The van der Waals surface area contributed by atoms with E-state index in [1.807, 2.05) is 24.3 Å². The Morgan fingerprint density at radius 2 is 1.84 bits per heavy atom. The maximum atomic E-state index is 6.11. The zero-order valence-corrected chi connectivity index (χ0v) is 11.6. The molecular formula is C16H16ClNO. The lowest BCUT2D eigenvalue weighted by molar-refractivity contribution is 0.129. The van der Waals surface area contributed by atoms with Crippen molar-refractivity contribution in [3.63, 3.8) is 0 Å². The summed E-state index contributed by atoms with van der Waals surface area (Å²) < 4.78 is 6.11. The predicted molar refractivity (Wildman–Crippen MR) is 77.6 cm³/mol. The molecule has 3 rings (SSSR count). The standard InChI is InChI=1S/C16H16ClNO/c1-18-10-12-4-2-3-5-15(12)16(11-18)19-14-8-6-13(17)7-9-14/h2-9,16H,10-11H2,1H3. The maximum Gasteiger partial charge on any atom is 0.137 e. The molecule has 1 unspecified atom stereocenters. The molecule has 0 aromatic heterocycles. The number of hydrogen-bond acceptors (Lipinski definition) is 2. The number of benzene rings is 2. The van der Waals surface area contributed by atoms with Gasteiger partial charge in [0.25, 0.3) is 0 Å². The summed E-state index contributed by atoms with van der Waals surface area (Å²) in [5.74, 6) is 0.861. The van der Waals surface area contributed by atoms with Crippen LogP contribution in [0.5, 0.6) is 5.75 Å². The molecule has 19 heavy (non-hydrogen) atoms. The minimum atomic E-state index is 0.0797. The van der Waals surface area contributed by atoms with Crippen molar-refractivity contribution in [2.24, 2.45) is 0 Å². The van der Waals surface area contributed by atoms with Crippen molar-refractivity contribution < 1.29 is 4.74 Å². The number of likely N-dealkylation sites (N-methyl/N-ethyl adjacent to an activating group) is 1. The SMILES string of the molecule is CN1Cc2ccccc2C(Oc2ccc(Cl)cc2)C1. The van der Waals surface area contributed by atoms with Gasteiger partial charge in [-0.25, -0.2) is 0 Å². The average molecular weight is 274 g/mol. The molecule has 0 N–H and O–H groups in total. The zero-order valence-electron chi connectivity index (χ0n) is 10.8. The third kappa shape index (κ3) is 2.75. The van der Waals surface area contributed by atoms with Crippen LogP contribution in [0, 0.1) is 0 Å². The fraction of sp³-hybridized carbons (Fsp3) is 0.250. The zero-order chi connectivity index (χ0) is 13.2. The Kier molecular flexibility index (Phi) is 3.45. The first-order valence-corrected chi connectivity index (χ1v) is 6.79. The molecule has 98 valence electrons. The van der Waals surface area contributed by atoms with Gasteiger partial charge >= 0.3 is 0 Å². The summed E-state index contributed by atoms with van der Waals surface area (Å²) in [6, 6.07) is 16.0. The Labute approximate surface area is 118 Å². The molecule has 0 saturated heterocycles. The molecule has 0 radical (unpaired) electrons. The smallest absolute Gasteiger partial charge is 0.137 e. The van der Waals surface area contributed by atoms with Gasteiger partial charge in [-0.3, -0.25) is 4.90 Å². The highest BCUT2D eigenvalue weighted by Crippen LogP contribution is 2.30. The van der Waals surface area contributed by atoms with E-state index < -0.39 is 0 Å². The summed E-state index contributed by atoms with van der Waals surface area (Å²) in [6.07, 6.45) is 0.0797. The molecule has 1 atom stereocenters. The number of rotatable bonds is 2. The van der Waals surface area contributed by atoms with Gasteiger partial charge in [0.15, 0.2) is 0 Å². The molecule has 0 spiro atoms. The van der Waals surface area contributed by atoms with E-state index in [1.54, 1.807) is 0 Å². The van der Waals surface area contributed by atoms with Crippen LogP contribution in [0.25, 0.3) is 0 Å². The second-order valence-electron chi connectivity index (χ2n) is 4.96. The molecule has 1 aliphatic rings. The van der Waals surface area contributed by atoms with E-state index >= 15 is 0 Å². The van der Waals surface area contributed by atoms with Crippen LogP contribution in [-0.2, 0) is 6.54 Å². The molecule has 1 heterocycles. The Bertz CT molecular complexity index is 567. The van der Waals surface area contributed by atoms with Gasteiger partial charge in [-0.15, -0.1) is 0 Å². The van der Waals surface area contributed by atoms with E-state index in [0.717, 1.165) is 23.9 Å². The van der Waals surface area contributed by atoms with Gasteiger partial charge < -0.3 is 4.74 Å². The van der Waals surface area contributed by atoms with Crippen LogP contribution in [0.1, 0.15) is 17.2 Å². The van der Waals surface area contributed by atoms with Gasteiger partial charge in [-0.05, 0) is 42.4 Å². The Morgan fingerprint density at radius 3 is 2.63 bits per heavy atom. The summed E-state index contributed by atoms with van der Waals surface area (Å²) in [4.78, 5) is 2.28. The normalized spacial score (nSPS) is 18.9. The van der Waals surface area contributed by atoms with Crippen molar-refractivity contribution in [2.75, 3.05) is 13.6 Å². The van der Waals surface area contributed by atoms with E-state index in [-0.39, 0.29) is 6.10 Å². The molecule has 2 aromatic rings. The number of fused-ring (bicyclic) bond motifs is 1. The second kappa shape index (κ2) is 5.24. The average Bonchev–Trinajstić information content (AvgIpc) is 2.41. The van der Waals surface area contributed by atoms with Crippen LogP contribution in [0.15, 0.2) is 48.5 Å². The Morgan fingerprint density at radius 1 is 1.11 bits per heavy atom. The lowest BCUT2D eigenvalue weighted by Crippen LogP contribution is -2.32. The quantitative estimate of drug-likeness (QED) is 0.823. The molecule has 0 aliphatic carbocycles. The monoisotopic (exact) mass is 273 g/mol. The summed E-state index contributed by atoms with van der Waals surface area (Å²) in [5.41, 5.74) is 2.63. The first-order valence-electron chi connectivity index (χ1n) is 6.41. The van der Waals surface area contributed by atoms with Crippen LogP contribution in [0.3, 0.4) is 0 Å². The number of halogens is 1. The summed E-state index contributed by atoms with van der Waals surface area (Å²) in [5, 5.41) is 0.730. The summed E-state index contributed by atoms with van der Waals surface area (Å²) in [6.45, 7) is 1.89. The largest absolute Gasteiger partial charge is 0.484 e. The molecule has 1 aliphatic heterocycles. The topological polar surface area (TPSA) is 12.5 Å². The van der Waals surface area contributed by atoms with Crippen LogP contribution < -0.4 is 4.74 Å². The molecular weight excluding hydrogens is 258 g/mol. The molecule has 2 aromatic carbocycles. The number of hydrogen-bond donors (Lipinski definition) is 0. The molecule has 0 fully saturated rings. The van der Waals surface area contributed by atoms with Crippen molar-refractivity contribution in [1.29, 1.82) is 0 Å². The van der Waals surface area contributed by atoms with Crippen molar-refractivity contribution in [2.45, 2.75) is 12.6 Å². The first kappa shape index (κ1) is 12.5. The van der Waals surface area contributed by atoms with Gasteiger partial charge in [0.05, 0.1) is 0 Å². The predicted octanol–water partition coefficient (Wildman–Crippen LogP) is 3.91. The molecule has 3 heteroatoms. The number of nitrogens with zero attached hydrogens (tertiary/aromatic N) is 1. The Hall–Kier alpha value is -1.51. The summed E-state index contributed by atoms with van der Waals surface area (Å²) >= 11 is 5.89. The van der Waals surface area contributed by atoms with Crippen LogP contribution >= 0.6 is 11.6 Å². The fourth-order valence-corrected chi connectivity index (χ4v) is 2.63. The third-order valence-corrected chi connectivity index (χ3v) is 3.66. The Balaban J connectivity index is 1.86.